The Hall–Kier alpha value is -1.64. The van der Waals surface area contributed by atoms with Crippen molar-refractivity contribution in [3.05, 3.63) is 11.6 Å². The van der Waals surface area contributed by atoms with E-state index in [0.717, 1.165) is 18.2 Å². The number of halogens is 3. The minimum atomic E-state index is -4.17. The van der Waals surface area contributed by atoms with Gasteiger partial charge in [-0.1, -0.05) is 6.42 Å². The molecule has 2 heterocycles. The van der Waals surface area contributed by atoms with E-state index in [4.69, 9.17) is 0 Å². The number of nitrogens with one attached hydrogen (secondary N) is 1. The maximum Gasteiger partial charge on any atom is 0.391 e. The number of alkyl halides is 3. The van der Waals surface area contributed by atoms with Gasteiger partial charge < -0.3 is 9.88 Å². The summed E-state index contributed by atoms with van der Waals surface area (Å²) in [6, 6.07) is -0.381. The fourth-order valence-corrected chi connectivity index (χ4v) is 3.58. The average molecular weight is 345 g/mol. The van der Waals surface area contributed by atoms with E-state index >= 15 is 0 Å². The van der Waals surface area contributed by atoms with Crippen molar-refractivity contribution in [2.24, 2.45) is 5.92 Å². The normalized spacial score (nSPS) is 25.3. The molecule has 1 aliphatic carbocycles. The van der Waals surface area contributed by atoms with E-state index in [9.17, 15) is 18.0 Å². The monoisotopic (exact) mass is 345 g/mol. The van der Waals surface area contributed by atoms with Crippen molar-refractivity contribution in [1.82, 2.24) is 25.0 Å². The van der Waals surface area contributed by atoms with E-state index < -0.39 is 12.1 Å². The Labute approximate surface area is 138 Å². The smallest absolute Gasteiger partial charge is 0.352 e. The molecule has 0 spiro atoms. The molecule has 1 fully saturated rings. The lowest BCUT2D eigenvalue weighted by molar-refractivity contribution is -0.184. The fourth-order valence-electron chi connectivity index (χ4n) is 3.58. The Morgan fingerprint density at radius 3 is 2.83 bits per heavy atom. The lowest BCUT2D eigenvalue weighted by atomic mass is 9.85. The summed E-state index contributed by atoms with van der Waals surface area (Å²) in [4.78, 5) is 14.1. The molecule has 1 aromatic heterocycles. The molecule has 1 saturated carbocycles. The summed E-state index contributed by atoms with van der Waals surface area (Å²) < 4.78 is 40.5. The van der Waals surface area contributed by atoms with Crippen molar-refractivity contribution in [2.75, 3.05) is 13.1 Å². The highest BCUT2D eigenvalue weighted by Gasteiger charge is 2.42. The topological polar surface area (TPSA) is 63.1 Å². The third kappa shape index (κ3) is 3.88. The molecule has 0 aromatic carbocycles. The molecule has 24 heavy (non-hydrogen) atoms. The number of carbonyl (C=O) groups is 1. The minimum absolute atomic E-state index is 0.0111. The number of fused-ring (bicyclic) bond motifs is 1. The molecule has 0 bridgehead atoms. The Morgan fingerprint density at radius 1 is 1.29 bits per heavy atom. The summed E-state index contributed by atoms with van der Waals surface area (Å²) in [6.45, 7) is 4.03. The van der Waals surface area contributed by atoms with Gasteiger partial charge in [-0.05, 0) is 26.2 Å². The van der Waals surface area contributed by atoms with Crippen LogP contribution in [0.2, 0.25) is 0 Å². The SMILES string of the molecule is Cc1nnc2n1CCN(CC(=O)NC1CCCC(C(F)(F)F)C1)C2. The molecule has 3 rings (SSSR count). The van der Waals surface area contributed by atoms with Crippen molar-refractivity contribution in [3.8, 4) is 0 Å². The van der Waals surface area contributed by atoms with Crippen molar-refractivity contribution in [2.45, 2.75) is 57.9 Å². The second-order valence-electron chi connectivity index (χ2n) is 6.70. The van der Waals surface area contributed by atoms with Crippen molar-refractivity contribution in [3.63, 3.8) is 0 Å². The molecule has 1 aliphatic heterocycles. The van der Waals surface area contributed by atoms with Crippen LogP contribution in [0.5, 0.6) is 0 Å². The average Bonchev–Trinajstić information content (AvgIpc) is 2.87. The van der Waals surface area contributed by atoms with Crippen LogP contribution >= 0.6 is 0 Å². The molecule has 134 valence electrons. The van der Waals surface area contributed by atoms with Crippen LogP contribution in [0.1, 0.15) is 37.3 Å². The first kappa shape index (κ1) is 17.2. The maximum atomic E-state index is 12.8. The highest BCUT2D eigenvalue weighted by atomic mass is 19.4. The van der Waals surface area contributed by atoms with Crippen LogP contribution < -0.4 is 5.32 Å². The molecule has 2 atom stereocenters. The zero-order valence-corrected chi connectivity index (χ0v) is 13.6. The molecule has 1 aromatic rings. The number of nitrogens with zero attached hydrogens (tertiary/aromatic N) is 4. The molecular weight excluding hydrogens is 323 g/mol. The molecule has 0 saturated heterocycles. The fraction of sp³-hybridized carbons (Fsp3) is 0.800. The van der Waals surface area contributed by atoms with E-state index in [1.165, 1.54) is 0 Å². The summed E-state index contributed by atoms with van der Waals surface area (Å²) in [5.74, 6) is 0.163. The van der Waals surface area contributed by atoms with Gasteiger partial charge in [0.05, 0.1) is 19.0 Å². The first-order valence-corrected chi connectivity index (χ1v) is 8.30. The molecule has 1 amide bonds. The van der Waals surface area contributed by atoms with Gasteiger partial charge in [-0.3, -0.25) is 9.69 Å². The van der Waals surface area contributed by atoms with Gasteiger partial charge in [-0.15, -0.1) is 10.2 Å². The Bertz CT molecular complexity index is 600. The standard InChI is InChI=1S/C15H22F3N5O/c1-10-20-21-13-8-22(5-6-23(10)13)9-14(24)19-12-4-2-3-11(7-12)15(16,17)18/h11-12H,2-9H2,1H3,(H,19,24). The number of rotatable bonds is 3. The third-order valence-electron chi connectivity index (χ3n) is 4.89. The van der Waals surface area contributed by atoms with Gasteiger partial charge in [-0.25, -0.2) is 0 Å². The zero-order valence-electron chi connectivity index (χ0n) is 13.6. The van der Waals surface area contributed by atoms with E-state index in [0.29, 0.717) is 25.9 Å². The maximum absolute atomic E-state index is 12.8. The van der Waals surface area contributed by atoms with E-state index in [2.05, 4.69) is 15.5 Å². The van der Waals surface area contributed by atoms with Crippen LogP contribution in [0.25, 0.3) is 0 Å². The number of aromatic nitrogens is 3. The molecule has 6 nitrogen and oxygen atoms in total. The Morgan fingerprint density at radius 2 is 2.08 bits per heavy atom. The molecule has 0 radical (unpaired) electrons. The van der Waals surface area contributed by atoms with Crippen LogP contribution in [0.4, 0.5) is 13.2 Å². The highest BCUT2D eigenvalue weighted by molar-refractivity contribution is 5.78. The van der Waals surface area contributed by atoms with Crippen LogP contribution in [-0.4, -0.2) is 50.9 Å². The van der Waals surface area contributed by atoms with Gasteiger partial charge in [0.2, 0.25) is 5.91 Å². The third-order valence-corrected chi connectivity index (χ3v) is 4.89. The van der Waals surface area contributed by atoms with Gasteiger partial charge in [0, 0.05) is 19.1 Å². The van der Waals surface area contributed by atoms with Gasteiger partial charge >= 0.3 is 6.18 Å². The first-order valence-electron chi connectivity index (χ1n) is 8.30. The molecule has 2 aliphatic rings. The van der Waals surface area contributed by atoms with Crippen LogP contribution in [0.3, 0.4) is 0 Å². The number of amides is 1. The first-order chi connectivity index (χ1) is 11.3. The van der Waals surface area contributed by atoms with Crippen LogP contribution in [0.15, 0.2) is 0 Å². The predicted molar refractivity (Wildman–Crippen MR) is 80.0 cm³/mol. The lowest BCUT2D eigenvalue weighted by Gasteiger charge is -2.32. The second-order valence-corrected chi connectivity index (χ2v) is 6.70. The summed E-state index contributed by atoms with van der Waals surface area (Å²) >= 11 is 0. The Balaban J connectivity index is 1.49. The summed E-state index contributed by atoms with van der Waals surface area (Å²) in [5, 5.41) is 10.9. The summed E-state index contributed by atoms with van der Waals surface area (Å²) in [7, 11) is 0. The van der Waals surface area contributed by atoms with Crippen molar-refractivity contribution < 1.29 is 18.0 Å². The number of hydrogen-bond donors (Lipinski definition) is 1. The minimum Gasteiger partial charge on any atom is -0.352 e. The zero-order chi connectivity index (χ0) is 17.3. The predicted octanol–water partition coefficient (Wildman–Crippen LogP) is 1.64. The number of aryl methyl sites for hydroxylation is 1. The van der Waals surface area contributed by atoms with E-state index in [-0.39, 0.29) is 31.3 Å². The molecule has 9 heteroatoms. The van der Waals surface area contributed by atoms with E-state index in [1.807, 2.05) is 16.4 Å². The van der Waals surface area contributed by atoms with Gasteiger partial charge in [0.15, 0.2) is 0 Å². The second kappa shape index (κ2) is 6.70. The highest BCUT2D eigenvalue weighted by Crippen LogP contribution is 2.37. The lowest BCUT2D eigenvalue weighted by Crippen LogP contribution is -2.46. The van der Waals surface area contributed by atoms with Crippen molar-refractivity contribution in [1.29, 1.82) is 0 Å². The number of hydrogen-bond acceptors (Lipinski definition) is 4. The van der Waals surface area contributed by atoms with Gasteiger partial charge in [0.1, 0.15) is 11.6 Å². The number of carbonyl (C=O) groups excluding carboxylic acids is 1. The van der Waals surface area contributed by atoms with Crippen LogP contribution in [-0.2, 0) is 17.9 Å². The van der Waals surface area contributed by atoms with Gasteiger partial charge in [0.25, 0.3) is 0 Å². The molecular formula is C15H22F3N5O. The summed E-state index contributed by atoms with van der Waals surface area (Å²) in [5.41, 5.74) is 0. The summed E-state index contributed by atoms with van der Waals surface area (Å²) in [6.07, 6.45) is -2.90. The van der Waals surface area contributed by atoms with Crippen LogP contribution in [0, 0.1) is 12.8 Å². The largest absolute Gasteiger partial charge is 0.391 e. The quantitative estimate of drug-likeness (QED) is 0.905. The van der Waals surface area contributed by atoms with Gasteiger partial charge in [-0.2, -0.15) is 13.2 Å². The van der Waals surface area contributed by atoms with E-state index in [1.54, 1.807) is 0 Å². The molecule has 2 unspecified atom stereocenters. The Kier molecular flexibility index (Phi) is 4.80. The van der Waals surface area contributed by atoms with Crippen molar-refractivity contribution >= 4 is 5.91 Å². The molecule has 1 N–H and O–H groups in total.